The molecule has 0 aromatic rings. The second-order valence-electron chi connectivity index (χ2n) is 7.47. The summed E-state index contributed by atoms with van der Waals surface area (Å²) in [4.78, 5) is 34.4. The van der Waals surface area contributed by atoms with E-state index in [0.717, 1.165) is 25.7 Å². The van der Waals surface area contributed by atoms with Crippen LogP contribution >= 0.6 is 0 Å². The molecule has 4 heteroatoms. The Labute approximate surface area is 159 Å². The lowest BCUT2D eigenvalue weighted by Gasteiger charge is -2.04. The zero-order chi connectivity index (χ0) is 19.0. The minimum absolute atomic E-state index is 0.0444. The van der Waals surface area contributed by atoms with Gasteiger partial charge in [0.05, 0.1) is 0 Å². The molecule has 1 N–H and O–H groups in total. The van der Waals surface area contributed by atoms with Crippen molar-refractivity contribution in [3.05, 3.63) is 12.2 Å². The highest BCUT2D eigenvalue weighted by atomic mass is 16.2. The molecule has 1 atom stereocenters. The molecular formula is C22H37NO3. The molecule has 0 aliphatic carbocycles. The standard InChI is InChI=1S/C22H37NO3/c1-2-3-4-5-6-7-8-9-10-11-12-13-14-15-16-17-20(24)19-18-21(25)23-22(19)26/h9-10,19H,2-8,11-18H2,1H3,(H,23,25,26). The van der Waals surface area contributed by atoms with Gasteiger partial charge in [0, 0.05) is 12.8 Å². The van der Waals surface area contributed by atoms with Gasteiger partial charge in [-0.3, -0.25) is 19.7 Å². The van der Waals surface area contributed by atoms with Gasteiger partial charge in [-0.05, 0) is 32.1 Å². The lowest BCUT2D eigenvalue weighted by molar-refractivity contribution is -0.131. The van der Waals surface area contributed by atoms with E-state index in [4.69, 9.17) is 0 Å². The molecule has 148 valence electrons. The monoisotopic (exact) mass is 363 g/mol. The van der Waals surface area contributed by atoms with E-state index >= 15 is 0 Å². The number of ketones is 1. The minimum Gasteiger partial charge on any atom is -0.299 e. The zero-order valence-corrected chi connectivity index (χ0v) is 16.6. The molecular weight excluding hydrogens is 326 g/mol. The lowest BCUT2D eigenvalue weighted by Crippen LogP contribution is -2.26. The van der Waals surface area contributed by atoms with Gasteiger partial charge < -0.3 is 0 Å². The summed E-state index contributed by atoms with van der Waals surface area (Å²) in [5.74, 6) is -1.53. The van der Waals surface area contributed by atoms with E-state index in [2.05, 4.69) is 24.4 Å². The molecule has 1 saturated heterocycles. The molecule has 1 aliphatic rings. The van der Waals surface area contributed by atoms with Crippen LogP contribution < -0.4 is 5.32 Å². The Morgan fingerprint density at radius 1 is 0.885 bits per heavy atom. The van der Waals surface area contributed by atoms with E-state index in [9.17, 15) is 14.4 Å². The molecule has 1 rings (SSSR count). The van der Waals surface area contributed by atoms with Crippen molar-refractivity contribution in [3.8, 4) is 0 Å². The third-order valence-electron chi connectivity index (χ3n) is 5.04. The molecule has 0 aromatic carbocycles. The van der Waals surface area contributed by atoms with Gasteiger partial charge >= 0.3 is 0 Å². The van der Waals surface area contributed by atoms with Gasteiger partial charge in [0.1, 0.15) is 11.7 Å². The molecule has 2 amide bonds. The van der Waals surface area contributed by atoms with Crippen molar-refractivity contribution >= 4 is 17.6 Å². The molecule has 1 fully saturated rings. The summed E-state index contributed by atoms with van der Waals surface area (Å²) in [5, 5.41) is 2.20. The van der Waals surface area contributed by atoms with E-state index in [1.807, 2.05) is 0 Å². The number of imide groups is 1. The normalized spacial score (nSPS) is 17.2. The molecule has 0 aromatic heterocycles. The van der Waals surface area contributed by atoms with Gasteiger partial charge in [-0.2, -0.15) is 0 Å². The summed E-state index contributed by atoms with van der Waals surface area (Å²) in [6, 6.07) is 0. The van der Waals surface area contributed by atoms with Crippen molar-refractivity contribution < 1.29 is 14.4 Å². The van der Waals surface area contributed by atoms with E-state index in [1.54, 1.807) is 0 Å². The Balaban J connectivity index is 1.86. The summed E-state index contributed by atoms with van der Waals surface area (Å²) < 4.78 is 0. The number of Topliss-reactive ketones (excluding diaryl/α,β-unsaturated/α-hetero) is 1. The van der Waals surface area contributed by atoms with Gasteiger partial charge in [-0.25, -0.2) is 0 Å². The van der Waals surface area contributed by atoms with E-state index in [1.165, 1.54) is 57.8 Å². The molecule has 0 spiro atoms. The number of rotatable bonds is 16. The van der Waals surface area contributed by atoms with Crippen LogP contribution in [0.4, 0.5) is 0 Å². The Kier molecular flexibility index (Phi) is 12.8. The van der Waals surface area contributed by atoms with Gasteiger partial charge in [0.25, 0.3) is 0 Å². The number of carbonyl (C=O) groups excluding carboxylic acids is 3. The molecule has 0 radical (unpaired) electrons. The lowest BCUT2D eigenvalue weighted by atomic mass is 9.97. The molecule has 26 heavy (non-hydrogen) atoms. The fourth-order valence-electron chi connectivity index (χ4n) is 3.36. The maximum absolute atomic E-state index is 11.9. The Bertz CT molecular complexity index is 456. The van der Waals surface area contributed by atoms with Crippen LogP contribution in [0.15, 0.2) is 12.2 Å². The number of carbonyl (C=O) groups is 3. The highest BCUT2D eigenvalue weighted by Crippen LogP contribution is 2.16. The topological polar surface area (TPSA) is 63.2 Å². The van der Waals surface area contributed by atoms with Crippen LogP contribution in [-0.4, -0.2) is 17.6 Å². The van der Waals surface area contributed by atoms with Crippen molar-refractivity contribution in [1.29, 1.82) is 0 Å². The maximum atomic E-state index is 11.9. The van der Waals surface area contributed by atoms with Crippen LogP contribution in [0.25, 0.3) is 0 Å². The zero-order valence-electron chi connectivity index (χ0n) is 16.6. The van der Waals surface area contributed by atoms with Crippen molar-refractivity contribution in [1.82, 2.24) is 5.32 Å². The average molecular weight is 364 g/mol. The summed E-state index contributed by atoms with van der Waals surface area (Å²) in [5.41, 5.74) is 0. The first kappa shape index (κ1) is 22.6. The van der Waals surface area contributed by atoms with E-state index < -0.39 is 11.8 Å². The van der Waals surface area contributed by atoms with Crippen molar-refractivity contribution in [2.45, 2.75) is 103 Å². The minimum atomic E-state index is -0.723. The first-order valence-electron chi connectivity index (χ1n) is 10.7. The van der Waals surface area contributed by atoms with Crippen molar-refractivity contribution in [3.63, 3.8) is 0 Å². The number of hydrogen-bond donors (Lipinski definition) is 1. The number of allylic oxidation sites excluding steroid dienone is 2. The van der Waals surface area contributed by atoms with E-state index in [-0.39, 0.29) is 18.1 Å². The number of nitrogens with one attached hydrogen (secondary N) is 1. The summed E-state index contributed by atoms with van der Waals surface area (Å²) in [7, 11) is 0. The predicted octanol–water partition coefficient (Wildman–Crippen LogP) is 5.26. The van der Waals surface area contributed by atoms with Crippen LogP contribution in [0.5, 0.6) is 0 Å². The fraction of sp³-hybridized carbons (Fsp3) is 0.773. The van der Waals surface area contributed by atoms with Crippen LogP contribution in [0.2, 0.25) is 0 Å². The molecule has 1 heterocycles. The molecule has 1 unspecified atom stereocenters. The third-order valence-corrected chi connectivity index (χ3v) is 5.04. The molecule has 0 saturated carbocycles. The SMILES string of the molecule is CCCCCCCCC=CCCCCCCCC(=O)C1CC(=O)NC1=O. The van der Waals surface area contributed by atoms with Gasteiger partial charge in [-0.15, -0.1) is 0 Å². The predicted molar refractivity (Wildman–Crippen MR) is 106 cm³/mol. The number of hydrogen-bond acceptors (Lipinski definition) is 3. The van der Waals surface area contributed by atoms with Crippen LogP contribution in [0.3, 0.4) is 0 Å². The number of amides is 2. The van der Waals surface area contributed by atoms with Crippen LogP contribution in [0, 0.1) is 5.92 Å². The Morgan fingerprint density at radius 2 is 1.42 bits per heavy atom. The van der Waals surface area contributed by atoms with Gasteiger partial charge in [0.2, 0.25) is 11.8 Å². The quantitative estimate of drug-likeness (QED) is 0.176. The molecule has 0 bridgehead atoms. The Morgan fingerprint density at radius 3 is 1.96 bits per heavy atom. The van der Waals surface area contributed by atoms with Gasteiger partial charge in [0.15, 0.2) is 0 Å². The second-order valence-corrected chi connectivity index (χ2v) is 7.47. The Hall–Kier alpha value is -1.45. The summed E-state index contributed by atoms with van der Waals surface area (Å²) in [6.45, 7) is 2.25. The second kappa shape index (κ2) is 14.7. The smallest absolute Gasteiger partial charge is 0.237 e. The van der Waals surface area contributed by atoms with Gasteiger partial charge in [-0.1, -0.05) is 70.4 Å². The first-order chi connectivity index (χ1) is 12.6. The highest BCUT2D eigenvalue weighted by Gasteiger charge is 2.35. The summed E-state index contributed by atoms with van der Waals surface area (Å²) in [6.07, 6.45) is 21.0. The third kappa shape index (κ3) is 10.5. The number of unbranched alkanes of at least 4 members (excludes halogenated alkanes) is 11. The molecule has 4 nitrogen and oxygen atoms in total. The summed E-state index contributed by atoms with van der Waals surface area (Å²) >= 11 is 0. The largest absolute Gasteiger partial charge is 0.299 e. The first-order valence-corrected chi connectivity index (χ1v) is 10.7. The maximum Gasteiger partial charge on any atom is 0.237 e. The van der Waals surface area contributed by atoms with E-state index in [0.29, 0.717) is 6.42 Å². The van der Waals surface area contributed by atoms with Crippen molar-refractivity contribution in [2.75, 3.05) is 0 Å². The average Bonchev–Trinajstić information content (AvgIpc) is 2.96. The molecule has 1 aliphatic heterocycles. The van der Waals surface area contributed by atoms with Crippen molar-refractivity contribution in [2.24, 2.45) is 5.92 Å². The fourth-order valence-corrected chi connectivity index (χ4v) is 3.36. The highest BCUT2D eigenvalue weighted by molar-refractivity contribution is 6.14. The van der Waals surface area contributed by atoms with Crippen LogP contribution in [-0.2, 0) is 14.4 Å². The van der Waals surface area contributed by atoms with Crippen LogP contribution in [0.1, 0.15) is 103 Å².